The molecular weight excluding hydrogens is 364 g/mol. The molecule has 1 heterocycles. The summed E-state index contributed by atoms with van der Waals surface area (Å²) >= 11 is 7.08. The molecule has 0 spiro atoms. The Morgan fingerprint density at radius 2 is 2.00 bits per heavy atom. The summed E-state index contributed by atoms with van der Waals surface area (Å²) in [6.45, 7) is 3.72. The Kier molecular flexibility index (Phi) is 6.16. The summed E-state index contributed by atoms with van der Waals surface area (Å²) in [6, 6.07) is 6.42. The molecule has 0 radical (unpaired) electrons. The molecule has 1 amide bonds. The number of aryl methyl sites for hydroxylation is 1. The number of carbonyl (C=O) groups is 2. The van der Waals surface area contributed by atoms with Crippen LogP contribution in [-0.2, 0) is 21.7 Å². The molecule has 0 aliphatic heterocycles. The molecule has 2 rings (SSSR count). The third kappa shape index (κ3) is 4.00. The highest BCUT2D eigenvalue weighted by molar-refractivity contribution is 7.13. The lowest BCUT2D eigenvalue weighted by Crippen LogP contribution is -2.51. The van der Waals surface area contributed by atoms with Crippen LogP contribution in [-0.4, -0.2) is 29.1 Å². The van der Waals surface area contributed by atoms with Gasteiger partial charge in [0.05, 0.1) is 12.3 Å². The van der Waals surface area contributed by atoms with E-state index in [1.165, 1.54) is 11.3 Å². The minimum Gasteiger partial charge on any atom is -0.479 e. The third-order valence-electron chi connectivity index (χ3n) is 3.87. The Labute approximate surface area is 154 Å². The molecule has 1 aromatic heterocycles. The van der Waals surface area contributed by atoms with Gasteiger partial charge in [-0.2, -0.15) is 0 Å². The maximum Gasteiger partial charge on any atom is 0.334 e. The lowest BCUT2D eigenvalue weighted by molar-refractivity contribution is -0.145. The van der Waals surface area contributed by atoms with Crippen LogP contribution in [0, 0.1) is 6.92 Å². The molecule has 0 bridgehead atoms. The number of aliphatic carboxylic acids is 1. The predicted molar refractivity (Wildman–Crippen MR) is 96.1 cm³/mol. The number of aromatic nitrogens is 1. The highest BCUT2D eigenvalue weighted by Gasteiger charge is 2.41. The van der Waals surface area contributed by atoms with Crippen molar-refractivity contribution in [2.24, 2.45) is 0 Å². The first kappa shape index (κ1) is 19.4. The van der Waals surface area contributed by atoms with Gasteiger partial charge < -0.3 is 15.2 Å². The molecule has 6 nitrogen and oxygen atoms in total. The number of hydrogen-bond donors (Lipinski definition) is 2. The molecule has 25 heavy (non-hydrogen) atoms. The quantitative estimate of drug-likeness (QED) is 0.766. The number of nitrogens with one attached hydrogen (secondary N) is 1. The summed E-state index contributed by atoms with van der Waals surface area (Å²) in [7, 11) is 1.55. The van der Waals surface area contributed by atoms with Crippen molar-refractivity contribution in [3.63, 3.8) is 0 Å². The van der Waals surface area contributed by atoms with E-state index in [0.29, 0.717) is 32.8 Å². The third-order valence-corrected chi connectivity index (χ3v) is 5.26. The highest BCUT2D eigenvalue weighted by Crippen LogP contribution is 2.29. The number of hydrogen-bond acceptors (Lipinski definition) is 5. The van der Waals surface area contributed by atoms with Crippen LogP contribution < -0.4 is 5.32 Å². The summed E-state index contributed by atoms with van der Waals surface area (Å²) in [6.07, 6.45) is 0.179. The fourth-order valence-corrected chi connectivity index (χ4v) is 3.58. The molecule has 0 aliphatic rings. The first-order chi connectivity index (χ1) is 11.8. The van der Waals surface area contributed by atoms with Gasteiger partial charge in [-0.25, -0.2) is 9.78 Å². The second kappa shape index (κ2) is 7.95. The number of thiazole rings is 1. The van der Waals surface area contributed by atoms with Crippen LogP contribution >= 0.6 is 22.9 Å². The molecule has 1 unspecified atom stereocenters. The zero-order chi connectivity index (χ0) is 18.6. The van der Waals surface area contributed by atoms with Crippen LogP contribution in [0.5, 0.6) is 0 Å². The van der Waals surface area contributed by atoms with E-state index >= 15 is 0 Å². The minimum atomic E-state index is -1.54. The van der Waals surface area contributed by atoms with Gasteiger partial charge in [0.2, 0.25) is 0 Å². The normalized spacial score (nSPS) is 13.3. The lowest BCUT2D eigenvalue weighted by atomic mass is 9.87. The zero-order valence-electron chi connectivity index (χ0n) is 14.1. The molecule has 2 aromatic rings. The number of methoxy groups -OCH3 is 1. The number of carbonyl (C=O) groups excluding carboxylic acids is 1. The predicted octanol–water partition coefficient (Wildman–Crippen LogP) is 3.37. The Hall–Kier alpha value is -1.96. The van der Waals surface area contributed by atoms with Gasteiger partial charge in [-0.15, -0.1) is 11.3 Å². The van der Waals surface area contributed by atoms with Gasteiger partial charge in [-0.05, 0) is 31.0 Å². The number of benzene rings is 1. The van der Waals surface area contributed by atoms with E-state index in [2.05, 4.69) is 10.3 Å². The fraction of sp³-hybridized carbons (Fsp3) is 0.353. The maximum absolute atomic E-state index is 12.7. The van der Waals surface area contributed by atoms with Crippen molar-refractivity contribution in [1.29, 1.82) is 0 Å². The monoisotopic (exact) mass is 382 g/mol. The van der Waals surface area contributed by atoms with E-state index in [4.69, 9.17) is 16.3 Å². The van der Waals surface area contributed by atoms with Crippen molar-refractivity contribution < 1.29 is 19.4 Å². The van der Waals surface area contributed by atoms with Crippen LogP contribution in [0.1, 0.15) is 39.3 Å². The average Bonchev–Trinajstić information content (AvgIpc) is 2.94. The van der Waals surface area contributed by atoms with Crippen LogP contribution in [0.25, 0.3) is 0 Å². The fourth-order valence-electron chi connectivity index (χ4n) is 2.53. The molecule has 0 aliphatic carbocycles. The Morgan fingerprint density at radius 1 is 1.36 bits per heavy atom. The molecule has 0 saturated carbocycles. The standard InChI is InChI=1S/C17H19ClN2O4S/c1-4-17(16(22)23,11-5-7-12(18)8-6-11)20-15(21)14-10(2)19-13(25-14)9-24-3/h5-8H,4,9H2,1-3H3,(H,20,21)(H,22,23). The van der Waals surface area contributed by atoms with E-state index < -0.39 is 17.4 Å². The van der Waals surface area contributed by atoms with Gasteiger partial charge >= 0.3 is 5.97 Å². The van der Waals surface area contributed by atoms with E-state index in [1.54, 1.807) is 45.2 Å². The highest BCUT2D eigenvalue weighted by atomic mass is 35.5. The molecule has 0 fully saturated rings. The number of nitrogens with zero attached hydrogens (tertiary/aromatic N) is 1. The number of carboxylic acid groups (broad SMARTS) is 1. The number of carboxylic acids is 1. The molecule has 1 aromatic carbocycles. The average molecular weight is 383 g/mol. The van der Waals surface area contributed by atoms with Gasteiger partial charge in [0.25, 0.3) is 5.91 Å². The summed E-state index contributed by atoms with van der Waals surface area (Å²) in [5.74, 6) is -1.61. The topological polar surface area (TPSA) is 88.5 Å². The molecule has 1 atom stereocenters. The van der Waals surface area contributed by atoms with Crippen LogP contribution in [0.15, 0.2) is 24.3 Å². The number of amides is 1. The van der Waals surface area contributed by atoms with Crippen molar-refractivity contribution >= 4 is 34.8 Å². The Bertz CT molecular complexity index is 775. The first-order valence-electron chi connectivity index (χ1n) is 7.61. The zero-order valence-corrected chi connectivity index (χ0v) is 15.7. The van der Waals surface area contributed by atoms with Crippen molar-refractivity contribution in [2.75, 3.05) is 7.11 Å². The molecule has 134 valence electrons. The minimum absolute atomic E-state index is 0.179. The SMILES string of the molecule is CCC(NC(=O)c1sc(COC)nc1C)(C(=O)O)c1ccc(Cl)cc1. The van der Waals surface area contributed by atoms with Crippen molar-refractivity contribution in [1.82, 2.24) is 10.3 Å². The second-order valence-corrected chi connectivity index (χ2v) is 7.00. The Morgan fingerprint density at radius 3 is 2.52 bits per heavy atom. The maximum atomic E-state index is 12.7. The largest absolute Gasteiger partial charge is 0.479 e. The van der Waals surface area contributed by atoms with Crippen molar-refractivity contribution in [3.05, 3.63) is 50.4 Å². The van der Waals surface area contributed by atoms with Crippen molar-refractivity contribution in [2.45, 2.75) is 32.4 Å². The first-order valence-corrected chi connectivity index (χ1v) is 8.80. The van der Waals surface area contributed by atoms with Gasteiger partial charge in [0.15, 0.2) is 5.54 Å². The van der Waals surface area contributed by atoms with Gasteiger partial charge in [-0.3, -0.25) is 4.79 Å². The summed E-state index contributed by atoms with van der Waals surface area (Å²) < 4.78 is 5.03. The summed E-state index contributed by atoms with van der Waals surface area (Å²) in [5, 5.41) is 13.7. The summed E-state index contributed by atoms with van der Waals surface area (Å²) in [4.78, 5) is 29.4. The van der Waals surface area contributed by atoms with Crippen LogP contribution in [0.3, 0.4) is 0 Å². The van der Waals surface area contributed by atoms with Crippen LogP contribution in [0.2, 0.25) is 5.02 Å². The smallest absolute Gasteiger partial charge is 0.334 e. The van der Waals surface area contributed by atoms with Gasteiger partial charge in [-0.1, -0.05) is 30.7 Å². The van der Waals surface area contributed by atoms with E-state index in [1.807, 2.05) is 0 Å². The van der Waals surface area contributed by atoms with Gasteiger partial charge in [0.1, 0.15) is 9.88 Å². The van der Waals surface area contributed by atoms with E-state index in [-0.39, 0.29) is 6.42 Å². The molecular formula is C17H19ClN2O4S. The number of halogens is 1. The lowest BCUT2D eigenvalue weighted by Gasteiger charge is -2.30. The second-order valence-electron chi connectivity index (χ2n) is 5.48. The van der Waals surface area contributed by atoms with E-state index in [9.17, 15) is 14.7 Å². The molecule has 0 saturated heterocycles. The number of ether oxygens (including phenoxy) is 1. The van der Waals surface area contributed by atoms with E-state index in [0.717, 1.165) is 0 Å². The number of rotatable bonds is 7. The van der Waals surface area contributed by atoms with Gasteiger partial charge in [0, 0.05) is 12.1 Å². The molecule has 8 heteroatoms. The summed E-state index contributed by atoms with van der Waals surface area (Å²) in [5.41, 5.74) is -0.542. The Balaban J connectivity index is 2.38. The van der Waals surface area contributed by atoms with Crippen LogP contribution in [0.4, 0.5) is 0 Å². The molecule has 2 N–H and O–H groups in total. The van der Waals surface area contributed by atoms with Crippen molar-refractivity contribution in [3.8, 4) is 0 Å².